The third-order valence-electron chi connectivity index (χ3n) is 8.88. The number of ketones is 1. The average Bonchev–Trinajstić information content (AvgIpc) is 3.47. The van der Waals surface area contributed by atoms with Crippen LogP contribution in [0.3, 0.4) is 0 Å². The summed E-state index contributed by atoms with van der Waals surface area (Å²) in [6.07, 6.45) is 9.77. The van der Waals surface area contributed by atoms with E-state index in [0.717, 1.165) is 62.3 Å². The number of piperazine rings is 1. The van der Waals surface area contributed by atoms with Crippen LogP contribution in [0.15, 0.2) is 66.9 Å². The first-order valence-electron chi connectivity index (χ1n) is 14.5. The fourth-order valence-corrected chi connectivity index (χ4v) is 6.50. The van der Waals surface area contributed by atoms with E-state index in [1.165, 1.54) is 55.3 Å². The number of hydrogen-bond donors (Lipinski definition) is 0. The fourth-order valence-electron chi connectivity index (χ4n) is 6.50. The van der Waals surface area contributed by atoms with Gasteiger partial charge in [-0.25, -0.2) is 4.98 Å². The van der Waals surface area contributed by atoms with Crippen LogP contribution in [0.1, 0.15) is 54.4 Å². The van der Waals surface area contributed by atoms with Crippen molar-refractivity contribution < 1.29 is 9.53 Å². The molecule has 3 aliphatic rings. The molecule has 0 atom stereocenters. The standard InChI is InChI=1S/C33H39N3O2/c37-31(29-12-10-28(11-13-29)27-4-2-1-3-5-27)24-26-8-6-25(7-9-26)15-18-35-19-21-36(22-20-35)33-30-16-23-38-32(30)14-17-34-33/h1-5,10-14,17,25-26H,6-9,15-16,18-24H2. The number of hydrogen-bond acceptors (Lipinski definition) is 5. The normalized spacial score (nSPS) is 21.6. The van der Waals surface area contributed by atoms with Crippen LogP contribution in [0.4, 0.5) is 5.82 Å². The lowest BCUT2D eigenvalue weighted by molar-refractivity contribution is 0.0940. The zero-order valence-corrected chi connectivity index (χ0v) is 22.4. The Morgan fingerprint density at radius 1 is 0.842 bits per heavy atom. The second-order valence-corrected chi connectivity index (χ2v) is 11.3. The third kappa shape index (κ3) is 5.78. The highest BCUT2D eigenvalue weighted by Gasteiger charge is 2.27. The maximum Gasteiger partial charge on any atom is 0.163 e. The molecule has 1 aliphatic carbocycles. The van der Waals surface area contributed by atoms with Gasteiger partial charge in [-0.15, -0.1) is 0 Å². The van der Waals surface area contributed by atoms with Crippen LogP contribution in [0.5, 0.6) is 5.75 Å². The van der Waals surface area contributed by atoms with Gasteiger partial charge < -0.3 is 9.64 Å². The van der Waals surface area contributed by atoms with Gasteiger partial charge in [-0.05, 0) is 54.8 Å². The predicted molar refractivity (Wildman–Crippen MR) is 153 cm³/mol. The Balaban J connectivity index is 0.911. The van der Waals surface area contributed by atoms with Crippen LogP contribution < -0.4 is 9.64 Å². The molecule has 1 saturated carbocycles. The van der Waals surface area contributed by atoms with Crippen molar-refractivity contribution in [3.05, 3.63) is 78.0 Å². The van der Waals surface area contributed by atoms with Gasteiger partial charge in [-0.2, -0.15) is 0 Å². The maximum atomic E-state index is 12.9. The molecule has 1 saturated heterocycles. The second-order valence-electron chi connectivity index (χ2n) is 11.3. The molecule has 0 N–H and O–H groups in total. The van der Waals surface area contributed by atoms with Crippen molar-refractivity contribution >= 4 is 11.6 Å². The summed E-state index contributed by atoms with van der Waals surface area (Å²) in [5.74, 6) is 3.81. The Hall–Kier alpha value is -3.18. The Bertz CT molecular complexity index is 1210. The summed E-state index contributed by atoms with van der Waals surface area (Å²) in [4.78, 5) is 22.7. The van der Waals surface area contributed by atoms with E-state index in [2.05, 4.69) is 51.2 Å². The van der Waals surface area contributed by atoms with Gasteiger partial charge >= 0.3 is 0 Å². The molecule has 3 heterocycles. The molecule has 0 radical (unpaired) electrons. The summed E-state index contributed by atoms with van der Waals surface area (Å²) in [6.45, 7) is 6.29. The quantitative estimate of drug-likeness (QED) is 0.335. The van der Waals surface area contributed by atoms with Gasteiger partial charge in [0.05, 0.1) is 6.61 Å². The lowest BCUT2D eigenvalue weighted by Gasteiger charge is -2.37. The highest BCUT2D eigenvalue weighted by atomic mass is 16.5. The minimum atomic E-state index is 0.302. The van der Waals surface area contributed by atoms with E-state index < -0.39 is 0 Å². The van der Waals surface area contributed by atoms with E-state index in [4.69, 9.17) is 4.74 Å². The Morgan fingerprint density at radius 2 is 1.55 bits per heavy atom. The fraction of sp³-hybridized carbons (Fsp3) is 0.455. The van der Waals surface area contributed by atoms with Crippen LogP contribution in [-0.2, 0) is 6.42 Å². The lowest BCUT2D eigenvalue weighted by atomic mass is 9.78. The molecule has 2 aromatic carbocycles. The van der Waals surface area contributed by atoms with Gasteiger partial charge in [0, 0.05) is 56.3 Å². The minimum absolute atomic E-state index is 0.302. The first-order valence-corrected chi connectivity index (χ1v) is 14.5. The van der Waals surface area contributed by atoms with Crippen molar-refractivity contribution in [1.29, 1.82) is 0 Å². The van der Waals surface area contributed by atoms with Crippen LogP contribution in [0, 0.1) is 11.8 Å². The van der Waals surface area contributed by atoms with E-state index in [1.54, 1.807) is 0 Å². The summed E-state index contributed by atoms with van der Waals surface area (Å²) in [5, 5.41) is 0. The zero-order chi connectivity index (χ0) is 25.7. The van der Waals surface area contributed by atoms with Gasteiger partial charge in [0.15, 0.2) is 5.78 Å². The SMILES string of the molecule is O=C(CC1CCC(CCN2CCN(c3nccc4c3CCO4)CC2)CC1)c1ccc(-c2ccccc2)cc1. The first kappa shape index (κ1) is 25.1. The molecule has 2 fully saturated rings. The van der Waals surface area contributed by atoms with E-state index in [0.29, 0.717) is 18.1 Å². The predicted octanol–water partition coefficient (Wildman–Crippen LogP) is 6.28. The van der Waals surface area contributed by atoms with Gasteiger partial charge in [-0.3, -0.25) is 9.69 Å². The van der Waals surface area contributed by atoms with Crippen molar-refractivity contribution in [1.82, 2.24) is 9.88 Å². The van der Waals surface area contributed by atoms with Crippen molar-refractivity contribution in [2.45, 2.75) is 44.9 Å². The number of ether oxygens (including phenoxy) is 1. The van der Waals surface area contributed by atoms with Crippen LogP contribution in [0.2, 0.25) is 0 Å². The number of Topliss-reactive ketones (excluding diaryl/α,β-unsaturated/α-hetero) is 1. The molecule has 0 bridgehead atoms. The number of nitrogens with zero attached hydrogens (tertiary/aromatic N) is 3. The van der Waals surface area contributed by atoms with Gasteiger partial charge in [-0.1, -0.05) is 67.4 Å². The van der Waals surface area contributed by atoms with E-state index in [9.17, 15) is 4.79 Å². The van der Waals surface area contributed by atoms with E-state index >= 15 is 0 Å². The molecule has 5 heteroatoms. The van der Waals surface area contributed by atoms with Crippen LogP contribution in [-0.4, -0.2) is 55.0 Å². The Kier molecular flexibility index (Phi) is 7.73. The van der Waals surface area contributed by atoms with E-state index in [1.807, 2.05) is 30.5 Å². The zero-order valence-electron chi connectivity index (χ0n) is 22.4. The van der Waals surface area contributed by atoms with Crippen LogP contribution >= 0.6 is 0 Å². The summed E-state index contributed by atoms with van der Waals surface area (Å²) < 4.78 is 5.73. The van der Waals surface area contributed by atoms with Crippen molar-refractivity contribution in [2.75, 3.05) is 44.2 Å². The number of pyridine rings is 1. The average molecular weight is 510 g/mol. The molecule has 198 valence electrons. The maximum absolute atomic E-state index is 12.9. The minimum Gasteiger partial charge on any atom is -0.493 e. The molecule has 2 aliphatic heterocycles. The van der Waals surface area contributed by atoms with E-state index in [-0.39, 0.29) is 0 Å². The molecule has 0 unspecified atom stereocenters. The van der Waals surface area contributed by atoms with Crippen molar-refractivity contribution in [2.24, 2.45) is 11.8 Å². The largest absolute Gasteiger partial charge is 0.493 e. The number of carbonyl (C=O) groups is 1. The summed E-state index contributed by atoms with van der Waals surface area (Å²) >= 11 is 0. The van der Waals surface area contributed by atoms with Crippen molar-refractivity contribution in [3.63, 3.8) is 0 Å². The Morgan fingerprint density at radius 3 is 2.32 bits per heavy atom. The molecule has 0 spiro atoms. The number of benzene rings is 2. The highest BCUT2D eigenvalue weighted by molar-refractivity contribution is 5.96. The Labute approximate surface area is 226 Å². The molecular formula is C33H39N3O2. The second kappa shape index (κ2) is 11.7. The first-order chi connectivity index (χ1) is 18.7. The number of anilines is 1. The number of rotatable bonds is 8. The molecule has 0 amide bonds. The molecule has 5 nitrogen and oxygen atoms in total. The highest BCUT2D eigenvalue weighted by Crippen LogP contribution is 2.35. The van der Waals surface area contributed by atoms with Gasteiger partial charge in [0.2, 0.25) is 0 Å². The van der Waals surface area contributed by atoms with Gasteiger partial charge in [0.1, 0.15) is 11.6 Å². The molecule has 1 aromatic heterocycles. The van der Waals surface area contributed by atoms with Crippen molar-refractivity contribution in [3.8, 4) is 16.9 Å². The third-order valence-corrected chi connectivity index (χ3v) is 8.88. The summed E-state index contributed by atoms with van der Waals surface area (Å²) in [5.41, 5.74) is 4.51. The smallest absolute Gasteiger partial charge is 0.163 e. The summed E-state index contributed by atoms with van der Waals surface area (Å²) in [7, 11) is 0. The van der Waals surface area contributed by atoms with Crippen LogP contribution in [0.25, 0.3) is 11.1 Å². The molecular weight excluding hydrogens is 470 g/mol. The number of aromatic nitrogens is 1. The summed E-state index contributed by atoms with van der Waals surface area (Å²) in [6, 6.07) is 20.5. The molecule has 6 rings (SSSR count). The molecule has 3 aromatic rings. The van der Waals surface area contributed by atoms with Gasteiger partial charge in [0.25, 0.3) is 0 Å². The monoisotopic (exact) mass is 509 g/mol. The topological polar surface area (TPSA) is 45.7 Å². The molecule has 38 heavy (non-hydrogen) atoms. The number of carbonyl (C=O) groups excluding carboxylic acids is 1. The number of fused-ring (bicyclic) bond motifs is 1. The lowest BCUT2D eigenvalue weighted by Crippen LogP contribution is -2.47.